The molecule has 0 aliphatic rings. The summed E-state index contributed by atoms with van der Waals surface area (Å²) in [7, 11) is 0. The van der Waals surface area contributed by atoms with Gasteiger partial charge in [-0.3, -0.25) is 0 Å². The van der Waals surface area contributed by atoms with E-state index in [4.69, 9.17) is 0 Å². The number of aryl methyl sites for hydroxylation is 1. The average Bonchev–Trinajstić information content (AvgIpc) is 2.50. The summed E-state index contributed by atoms with van der Waals surface area (Å²) in [6, 6.07) is 2.05. The quantitative estimate of drug-likeness (QED) is 0.810. The summed E-state index contributed by atoms with van der Waals surface area (Å²) < 4.78 is 0. The molecule has 0 saturated heterocycles. The molecular weight excluding hydrogens is 206 g/mol. The molecule has 0 amide bonds. The molecule has 1 atom stereocenters. The van der Waals surface area contributed by atoms with Gasteiger partial charge in [0, 0.05) is 11.4 Å². The minimum Gasteiger partial charge on any atom is -0.383 e. The molecule has 2 N–H and O–H groups in total. The van der Waals surface area contributed by atoms with Crippen molar-refractivity contribution in [3.8, 4) is 0 Å². The van der Waals surface area contributed by atoms with Gasteiger partial charge in [-0.2, -0.15) is 0 Å². The monoisotopic (exact) mass is 227 g/mol. The average molecular weight is 227 g/mol. The highest BCUT2D eigenvalue weighted by molar-refractivity contribution is 7.10. The normalized spacial score (nSPS) is 15.6. The topological polar surface area (TPSA) is 32.3 Å². The van der Waals surface area contributed by atoms with Crippen LogP contribution in [0, 0.1) is 12.8 Å². The second-order valence-electron chi connectivity index (χ2n) is 4.73. The molecule has 0 aliphatic carbocycles. The Hall–Kier alpha value is -0.380. The van der Waals surface area contributed by atoms with Gasteiger partial charge in [0.25, 0.3) is 0 Å². The molecule has 0 bridgehead atoms. The van der Waals surface area contributed by atoms with Gasteiger partial charge < -0.3 is 10.4 Å². The van der Waals surface area contributed by atoms with Crippen LogP contribution in [0.25, 0.3) is 0 Å². The van der Waals surface area contributed by atoms with E-state index in [2.05, 4.69) is 25.2 Å². The highest BCUT2D eigenvalue weighted by Crippen LogP contribution is 2.28. The van der Waals surface area contributed by atoms with E-state index in [9.17, 15) is 5.11 Å². The molecule has 86 valence electrons. The van der Waals surface area contributed by atoms with Crippen molar-refractivity contribution < 1.29 is 5.11 Å². The summed E-state index contributed by atoms with van der Waals surface area (Å²) in [5.74, 6) is 0.616. The van der Waals surface area contributed by atoms with Crippen molar-refractivity contribution in [2.45, 2.75) is 33.3 Å². The first-order chi connectivity index (χ1) is 6.93. The number of thiophene rings is 1. The second-order valence-corrected chi connectivity index (χ2v) is 5.65. The van der Waals surface area contributed by atoms with Crippen molar-refractivity contribution >= 4 is 11.3 Å². The molecule has 1 unspecified atom stereocenters. The lowest BCUT2D eigenvalue weighted by atomic mass is 10.0. The standard InChI is InChI=1S/C12H21NOS/c1-9(2)7-13-8-12(4,14)11-10(3)5-6-15-11/h5-6,9,13-14H,7-8H2,1-4H3. The molecule has 1 aromatic rings. The van der Waals surface area contributed by atoms with Crippen LogP contribution in [-0.4, -0.2) is 18.2 Å². The Labute approximate surface area is 96.3 Å². The van der Waals surface area contributed by atoms with E-state index in [0.29, 0.717) is 12.5 Å². The Kier molecular flexibility index (Phi) is 4.32. The van der Waals surface area contributed by atoms with Crippen LogP contribution in [-0.2, 0) is 5.60 Å². The van der Waals surface area contributed by atoms with Gasteiger partial charge in [-0.25, -0.2) is 0 Å². The van der Waals surface area contributed by atoms with Crippen LogP contribution in [0.4, 0.5) is 0 Å². The van der Waals surface area contributed by atoms with Gasteiger partial charge >= 0.3 is 0 Å². The fourth-order valence-electron chi connectivity index (χ4n) is 1.61. The summed E-state index contributed by atoms with van der Waals surface area (Å²) >= 11 is 1.63. The SMILES string of the molecule is Cc1ccsc1C(C)(O)CNCC(C)C. The molecule has 0 aromatic carbocycles. The third-order valence-corrected chi connectivity index (χ3v) is 3.64. The third-order valence-electron chi connectivity index (χ3n) is 2.37. The van der Waals surface area contributed by atoms with E-state index in [-0.39, 0.29) is 0 Å². The number of nitrogens with one attached hydrogen (secondary N) is 1. The van der Waals surface area contributed by atoms with Crippen LogP contribution in [0.5, 0.6) is 0 Å². The second kappa shape index (κ2) is 5.10. The van der Waals surface area contributed by atoms with Gasteiger partial charge in [-0.1, -0.05) is 13.8 Å². The molecule has 3 heteroatoms. The fraction of sp³-hybridized carbons (Fsp3) is 0.667. The summed E-state index contributed by atoms with van der Waals surface area (Å²) in [6.07, 6.45) is 0. The predicted octanol–water partition coefficient (Wildman–Crippen LogP) is 2.51. The summed E-state index contributed by atoms with van der Waals surface area (Å²) in [6.45, 7) is 9.81. The van der Waals surface area contributed by atoms with E-state index in [1.807, 2.05) is 19.2 Å². The maximum atomic E-state index is 10.3. The zero-order valence-electron chi connectivity index (χ0n) is 10.0. The molecule has 0 saturated carbocycles. The van der Waals surface area contributed by atoms with Crippen molar-refractivity contribution in [2.24, 2.45) is 5.92 Å². The largest absolute Gasteiger partial charge is 0.383 e. The van der Waals surface area contributed by atoms with Crippen molar-refractivity contribution in [3.05, 3.63) is 21.9 Å². The van der Waals surface area contributed by atoms with Gasteiger partial charge in [0.05, 0.1) is 0 Å². The molecule has 15 heavy (non-hydrogen) atoms. The molecular formula is C12H21NOS. The van der Waals surface area contributed by atoms with Gasteiger partial charge in [0.1, 0.15) is 5.60 Å². The van der Waals surface area contributed by atoms with E-state index >= 15 is 0 Å². The maximum Gasteiger partial charge on any atom is 0.109 e. The molecule has 2 nitrogen and oxygen atoms in total. The highest BCUT2D eigenvalue weighted by atomic mass is 32.1. The summed E-state index contributed by atoms with van der Waals surface area (Å²) in [4.78, 5) is 1.07. The summed E-state index contributed by atoms with van der Waals surface area (Å²) in [5.41, 5.74) is 0.434. The van der Waals surface area contributed by atoms with Crippen molar-refractivity contribution in [1.82, 2.24) is 5.32 Å². The molecule has 0 radical (unpaired) electrons. The Morgan fingerprint density at radius 3 is 2.67 bits per heavy atom. The van der Waals surface area contributed by atoms with Crippen molar-refractivity contribution in [3.63, 3.8) is 0 Å². The number of rotatable bonds is 5. The first-order valence-corrected chi connectivity index (χ1v) is 6.29. The Bertz CT molecular complexity index is 304. The van der Waals surface area contributed by atoms with Gasteiger partial charge in [0.15, 0.2) is 0 Å². The number of hydrogen-bond donors (Lipinski definition) is 2. The van der Waals surface area contributed by atoms with E-state index in [1.54, 1.807) is 11.3 Å². The Morgan fingerprint density at radius 2 is 2.20 bits per heavy atom. The van der Waals surface area contributed by atoms with Crippen LogP contribution >= 0.6 is 11.3 Å². The predicted molar refractivity (Wildman–Crippen MR) is 66.3 cm³/mol. The molecule has 1 rings (SSSR count). The zero-order chi connectivity index (χ0) is 11.5. The number of aliphatic hydroxyl groups is 1. The van der Waals surface area contributed by atoms with E-state index in [1.165, 1.54) is 5.56 Å². The van der Waals surface area contributed by atoms with Crippen molar-refractivity contribution in [2.75, 3.05) is 13.1 Å². The molecule has 0 aliphatic heterocycles. The van der Waals surface area contributed by atoms with E-state index < -0.39 is 5.60 Å². The number of hydrogen-bond acceptors (Lipinski definition) is 3. The fourth-order valence-corrected chi connectivity index (χ4v) is 2.60. The lowest BCUT2D eigenvalue weighted by Crippen LogP contribution is -2.36. The molecule has 1 heterocycles. The minimum atomic E-state index is -0.743. The van der Waals surface area contributed by atoms with Crippen molar-refractivity contribution in [1.29, 1.82) is 0 Å². The van der Waals surface area contributed by atoms with Crippen LogP contribution in [0.15, 0.2) is 11.4 Å². The first kappa shape index (κ1) is 12.7. The van der Waals surface area contributed by atoms with E-state index in [0.717, 1.165) is 11.4 Å². The van der Waals surface area contributed by atoms with Gasteiger partial charge in [0.2, 0.25) is 0 Å². The smallest absolute Gasteiger partial charge is 0.109 e. The third kappa shape index (κ3) is 3.59. The summed E-state index contributed by atoms with van der Waals surface area (Å²) in [5, 5.41) is 15.6. The zero-order valence-corrected chi connectivity index (χ0v) is 10.8. The van der Waals surface area contributed by atoms with Crippen LogP contribution in [0.2, 0.25) is 0 Å². The maximum absolute atomic E-state index is 10.3. The lowest BCUT2D eigenvalue weighted by molar-refractivity contribution is 0.0596. The Balaban J connectivity index is 2.56. The van der Waals surface area contributed by atoms with Gasteiger partial charge in [-0.05, 0) is 43.3 Å². The van der Waals surface area contributed by atoms with Gasteiger partial charge in [-0.15, -0.1) is 11.3 Å². The first-order valence-electron chi connectivity index (χ1n) is 5.41. The molecule has 1 aromatic heterocycles. The van der Waals surface area contributed by atoms with Crippen LogP contribution in [0.3, 0.4) is 0 Å². The molecule has 0 spiro atoms. The lowest BCUT2D eigenvalue weighted by Gasteiger charge is -2.24. The van der Waals surface area contributed by atoms with Crippen LogP contribution in [0.1, 0.15) is 31.2 Å². The minimum absolute atomic E-state index is 0.616. The van der Waals surface area contributed by atoms with Crippen LogP contribution < -0.4 is 5.32 Å². The molecule has 0 fully saturated rings. The highest BCUT2D eigenvalue weighted by Gasteiger charge is 2.25. The Morgan fingerprint density at radius 1 is 1.53 bits per heavy atom.